The third kappa shape index (κ3) is 5.32. The Bertz CT molecular complexity index is 1860. The van der Waals surface area contributed by atoms with Crippen LogP contribution in [-0.2, 0) is 4.79 Å². The van der Waals surface area contributed by atoms with Gasteiger partial charge in [0.05, 0.1) is 36.7 Å². The number of nitrogens with zero attached hydrogens (tertiary/aromatic N) is 6. The first-order chi connectivity index (χ1) is 21.7. The maximum Gasteiger partial charge on any atom is 0.355 e. The van der Waals surface area contributed by atoms with E-state index in [1.807, 2.05) is 31.2 Å². The van der Waals surface area contributed by atoms with Gasteiger partial charge in [0.15, 0.2) is 17.1 Å². The summed E-state index contributed by atoms with van der Waals surface area (Å²) in [6.07, 6.45) is 5.22. The summed E-state index contributed by atoms with van der Waals surface area (Å²) in [6.45, 7) is 13.3. The van der Waals surface area contributed by atoms with E-state index < -0.39 is 5.69 Å². The lowest BCUT2D eigenvalue weighted by atomic mass is 9.99. The van der Waals surface area contributed by atoms with E-state index in [2.05, 4.69) is 38.3 Å². The largest absolute Gasteiger partial charge is 0.493 e. The van der Waals surface area contributed by atoms with E-state index in [0.29, 0.717) is 54.2 Å². The molecule has 4 aromatic rings. The zero-order valence-electron chi connectivity index (χ0n) is 26.8. The highest BCUT2D eigenvalue weighted by atomic mass is 16.5. The third-order valence-corrected chi connectivity index (χ3v) is 8.86. The van der Waals surface area contributed by atoms with Crippen molar-refractivity contribution in [3.63, 3.8) is 0 Å². The van der Waals surface area contributed by atoms with Gasteiger partial charge in [-0.25, -0.2) is 14.3 Å². The second-order valence-electron chi connectivity index (χ2n) is 12.2. The van der Waals surface area contributed by atoms with E-state index in [4.69, 9.17) is 24.4 Å². The summed E-state index contributed by atoms with van der Waals surface area (Å²) < 4.78 is 13.1. The van der Waals surface area contributed by atoms with Gasteiger partial charge in [0.25, 0.3) is 0 Å². The van der Waals surface area contributed by atoms with Crippen LogP contribution in [0.25, 0.3) is 28.0 Å². The molecule has 3 aromatic heterocycles. The molecule has 1 atom stereocenters. The van der Waals surface area contributed by atoms with Gasteiger partial charge in [0.1, 0.15) is 5.82 Å². The quantitative estimate of drug-likeness (QED) is 0.245. The minimum absolute atomic E-state index is 0.0562. The molecule has 4 heterocycles. The average Bonchev–Trinajstić information content (AvgIpc) is 3.89. The Morgan fingerprint density at radius 1 is 1.11 bits per heavy atom. The van der Waals surface area contributed by atoms with Crippen molar-refractivity contribution < 1.29 is 14.3 Å². The molecule has 1 saturated carbocycles. The van der Waals surface area contributed by atoms with Crippen molar-refractivity contribution in [3.05, 3.63) is 76.5 Å². The first kappa shape index (κ1) is 30.3. The van der Waals surface area contributed by atoms with Crippen LogP contribution in [0.5, 0.6) is 11.5 Å². The second kappa shape index (κ2) is 12.0. The van der Waals surface area contributed by atoms with E-state index in [1.54, 1.807) is 29.9 Å². The minimum atomic E-state index is -0.428. The molecule has 1 aliphatic heterocycles. The summed E-state index contributed by atoms with van der Waals surface area (Å²) in [7, 11) is 3.25. The molecule has 0 radical (unpaired) electrons. The van der Waals surface area contributed by atoms with E-state index in [1.165, 1.54) is 6.08 Å². The van der Waals surface area contributed by atoms with Gasteiger partial charge in [-0.2, -0.15) is 4.98 Å². The molecular weight excluding hydrogens is 568 g/mol. The van der Waals surface area contributed by atoms with Crippen LogP contribution in [0.2, 0.25) is 0 Å². The number of carbonyl (C=O) groups is 1. The van der Waals surface area contributed by atoms with Crippen LogP contribution in [0.15, 0.2) is 54.0 Å². The fourth-order valence-corrected chi connectivity index (χ4v) is 6.45. The number of methoxy groups -OCH3 is 2. The smallest absolute Gasteiger partial charge is 0.355 e. The average molecular weight is 609 g/mol. The molecule has 10 heteroatoms. The topological polar surface area (TPSA) is 103 Å². The van der Waals surface area contributed by atoms with Crippen molar-refractivity contribution in [2.45, 2.75) is 58.4 Å². The molecule has 0 unspecified atom stereocenters. The van der Waals surface area contributed by atoms with Gasteiger partial charge in [-0.1, -0.05) is 26.5 Å². The van der Waals surface area contributed by atoms with Gasteiger partial charge in [0.2, 0.25) is 5.91 Å². The molecule has 6 rings (SSSR count). The van der Waals surface area contributed by atoms with Crippen LogP contribution in [-0.4, -0.2) is 70.2 Å². The Labute approximate surface area is 263 Å². The number of aromatic nitrogens is 4. The number of para-hydroxylation sites is 1. The molecule has 2 fully saturated rings. The molecule has 0 N–H and O–H groups in total. The molecule has 10 nitrogen and oxygen atoms in total. The first-order valence-electron chi connectivity index (χ1n) is 15.5. The van der Waals surface area contributed by atoms with Crippen molar-refractivity contribution in [1.29, 1.82) is 0 Å². The van der Waals surface area contributed by atoms with Gasteiger partial charge in [-0.3, -0.25) is 9.78 Å². The summed E-state index contributed by atoms with van der Waals surface area (Å²) in [4.78, 5) is 45.5. The highest BCUT2D eigenvalue weighted by Gasteiger charge is 2.34. The lowest BCUT2D eigenvalue weighted by Gasteiger charge is -2.40. The molecule has 1 aliphatic carbocycles. The Balaban J connectivity index is 1.68. The van der Waals surface area contributed by atoms with Crippen molar-refractivity contribution in [1.82, 2.24) is 24.4 Å². The summed E-state index contributed by atoms with van der Waals surface area (Å²) in [5.41, 5.74) is 5.12. The number of benzene rings is 1. The molecule has 234 valence electrons. The van der Waals surface area contributed by atoms with Crippen LogP contribution < -0.4 is 20.1 Å². The van der Waals surface area contributed by atoms with Crippen LogP contribution in [0.1, 0.15) is 62.3 Å². The summed E-state index contributed by atoms with van der Waals surface area (Å²) in [5, 5.41) is 0.787. The fourth-order valence-electron chi connectivity index (χ4n) is 6.45. The highest BCUT2D eigenvalue weighted by molar-refractivity contribution is 5.93. The van der Waals surface area contributed by atoms with Gasteiger partial charge in [0, 0.05) is 37.4 Å². The Hall–Kier alpha value is -4.73. The summed E-state index contributed by atoms with van der Waals surface area (Å²) >= 11 is 0. The van der Waals surface area contributed by atoms with Gasteiger partial charge >= 0.3 is 5.69 Å². The van der Waals surface area contributed by atoms with Crippen molar-refractivity contribution in [3.8, 4) is 28.4 Å². The zero-order valence-corrected chi connectivity index (χ0v) is 26.8. The van der Waals surface area contributed by atoms with Crippen LogP contribution in [0.3, 0.4) is 0 Å². The predicted molar refractivity (Wildman–Crippen MR) is 176 cm³/mol. The number of fused-ring (bicyclic) bond motifs is 1. The van der Waals surface area contributed by atoms with Crippen molar-refractivity contribution in [2.75, 3.05) is 38.8 Å². The number of aryl methyl sites for hydroxylation is 1. The number of ether oxygens (including phenoxy) is 2. The van der Waals surface area contributed by atoms with Crippen LogP contribution in [0.4, 0.5) is 5.82 Å². The van der Waals surface area contributed by atoms with Gasteiger partial charge in [-0.05, 0) is 80.0 Å². The number of pyridine rings is 2. The molecule has 45 heavy (non-hydrogen) atoms. The molecule has 0 bridgehead atoms. The lowest BCUT2D eigenvalue weighted by Crippen LogP contribution is -2.54. The number of hydrogen-bond donors (Lipinski definition) is 0. The minimum Gasteiger partial charge on any atom is -0.493 e. The Morgan fingerprint density at radius 2 is 1.89 bits per heavy atom. The van der Waals surface area contributed by atoms with Crippen molar-refractivity contribution in [2.24, 2.45) is 0 Å². The Kier molecular flexibility index (Phi) is 8.07. The maximum absolute atomic E-state index is 14.3. The van der Waals surface area contributed by atoms with E-state index in [9.17, 15) is 9.59 Å². The van der Waals surface area contributed by atoms with E-state index in [0.717, 1.165) is 46.3 Å². The normalized spacial score (nSPS) is 16.7. The number of anilines is 1. The van der Waals surface area contributed by atoms with Crippen molar-refractivity contribution >= 4 is 22.8 Å². The first-order valence-corrected chi connectivity index (χ1v) is 15.5. The Morgan fingerprint density at radius 3 is 2.53 bits per heavy atom. The number of piperazine rings is 1. The number of carbonyl (C=O) groups excluding carboxylic acids is 1. The van der Waals surface area contributed by atoms with Gasteiger partial charge in [-0.15, -0.1) is 0 Å². The van der Waals surface area contributed by atoms with Crippen LogP contribution in [0, 0.1) is 6.92 Å². The van der Waals surface area contributed by atoms with E-state index >= 15 is 0 Å². The molecular formula is C35H40N6O4. The molecule has 1 saturated heterocycles. The monoisotopic (exact) mass is 608 g/mol. The third-order valence-electron chi connectivity index (χ3n) is 8.86. The summed E-state index contributed by atoms with van der Waals surface area (Å²) in [5.74, 6) is 2.06. The number of amides is 1. The maximum atomic E-state index is 14.3. The number of rotatable bonds is 8. The van der Waals surface area contributed by atoms with Crippen LogP contribution >= 0.6 is 0 Å². The molecule has 2 aliphatic rings. The van der Waals surface area contributed by atoms with E-state index in [-0.39, 0.29) is 17.9 Å². The molecule has 1 amide bonds. The second-order valence-corrected chi connectivity index (χ2v) is 12.2. The molecule has 0 spiro atoms. The summed E-state index contributed by atoms with van der Waals surface area (Å²) in [6, 6.07) is 9.78. The zero-order chi connectivity index (χ0) is 32.0. The fraction of sp³-hybridized carbons (Fsp3) is 0.400. The number of hydrogen-bond acceptors (Lipinski definition) is 8. The lowest BCUT2D eigenvalue weighted by molar-refractivity contribution is -0.126. The predicted octanol–water partition coefficient (Wildman–Crippen LogP) is 5.39. The highest BCUT2D eigenvalue weighted by Crippen LogP contribution is 2.48. The SMILES string of the molecule is C=CC(=O)N1CCN(c2nc(=O)n(-c3c(C)ccnc3C(C)C)c3nc(-c4cccc(OC)c4OC)c(C4CC4)cc23)[C@@H](C)C1. The standard InChI is InChI=1S/C35H40N6O4/c1-8-28(42)39-16-17-40(22(5)19-39)33-26-18-25(23-12-13-23)30(24-10-9-11-27(44-6)32(24)45-7)37-34(26)41(35(43)38-33)31-21(4)14-15-36-29(31)20(2)3/h8-11,14-15,18,20,22-23H,1,12-13,16-17,19H2,2-7H3/t22-/m0/s1. The van der Waals surface area contributed by atoms with Gasteiger partial charge < -0.3 is 19.3 Å². The molecule has 1 aromatic carbocycles.